The summed E-state index contributed by atoms with van der Waals surface area (Å²) in [6.07, 6.45) is 0. The summed E-state index contributed by atoms with van der Waals surface area (Å²) in [5.74, 6) is 0. The Bertz CT molecular complexity index is 41.1. The zero-order valence-corrected chi connectivity index (χ0v) is 10.8. The fourth-order valence-electron chi connectivity index (χ4n) is 0. The first kappa shape index (κ1) is 36.0. The molecule has 0 fully saturated rings. The van der Waals surface area contributed by atoms with Gasteiger partial charge in [0.05, 0.1) is 0 Å². The second-order valence-electron chi connectivity index (χ2n) is 1.43. The molecule has 6 N–H and O–H groups in total. The smallest absolute Gasteiger partial charge is 1.00 e. The molecular formula is C6H18Cl2N6Ni-6. The Morgan fingerprint density at radius 3 is 0.867 bits per heavy atom. The number of nitrogens with one attached hydrogen (secondary N) is 6. The molecule has 102 valence electrons. The van der Waals surface area contributed by atoms with E-state index < -0.39 is 0 Å². The van der Waals surface area contributed by atoms with Crippen LogP contribution in [0.5, 0.6) is 0 Å². The van der Waals surface area contributed by atoms with Gasteiger partial charge in [-0.05, 0) is 0 Å². The maximum Gasteiger partial charge on any atom is 2.00 e. The van der Waals surface area contributed by atoms with Crippen LogP contribution in [0.15, 0.2) is 0 Å². The molecule has 15 heavy (non-hydrogen) atoms. The Labute approximate surface area is 115 Å². The number of halogens is 2. The zero-order valence-electron chi connectivity index (χ0n) is 8.31. The van der Waals surface area contributed by atoms with Gasteiger partial charge in [-0.2, -0.15) is 26.2 Å². The fourth-order valence-corrected chi connectivity index (χ4v) is 0. The minimum atomic E-state index is 0. The number of rotatable bonds is 3. The van der Waals surface area contributed by atoms with Crippen molar-refractivity contribution in [2.45, 2.75) is 0 Å². The van der Waals surface area contributed by atoms with Crippen LogP contribution in [0, 0.1) is 7.05 Å². The van der Waals surface area contributed by atoms with Crippen LogP contribution in [0.25, 0.3) is 28.7 Å². The third-order valence-corrected chi connectivity index (χ3v) is 0.375. The Kier molecular flexibility index (Phi) is 146. The standard InChI is InChI=1S/3C2H6N2.2ClH.Ni/c1-4-2-3;2*3-1-2-4;;;/h3*3-4H,1-2H2;2*1H;/q3*-2;;;+2/p-2. The summed E-state index contributed by atoms with van der Waals surface area (Å²) in [4.78, 5) is 0. The SMILES string of the molecule is [CH2-]NC[NH-].[Cl-].[Cl-].[NH-]CC[NH-].[NH-]CC[NH-].[Ni+2]. The van der Waals surface area contributed by atoms with E-state index in [1.165, 1.54) is 0 Å². The monoisotopic (exact) mass is 302 g/mol. The van der Waals surface area contributed by atoms with Crippen molar-refractivity contribution in [2.75, 3.05) is 32.8 Å². The average molecular weight is 304 g/mol. The first-order chi connectivity index (χ1) is 5.74. The maximum absolute atomic E-state index is 6.28. The van der Waals surface area contributed by atoms with Gasteiger partial charge in [0.15, 0.2) is 0 Å². The van der Waals surface area contributed by atoms with Crippen LogP contribution in [-0.2, 0) is 16.5 Å². The van der Waals surface area contributed by atoms with Gasteiger partial charge in [-0.25, -0.2) is 0 Å². The molecule has 0 bridgehead atoms. The van der Waals surface area contributed by atoms with Gasteiger partial charge >= 0.3 is 16.5 Å². The van der Waals surface area contributed by atoms with E-state index in [1.54, 1.807) is 0 Å². The fraction of sp³-hybridized carbons (Fsp3) is 0.833. The molecule has 0 radical (unpaired) electrons. The molecule has 0 spiro atoms. The average Bonchev–Trinajstić information content (AvgIpc) is 2.18. The van der Waals surface area contributed by atoms with Crippen LogP contribution < -0.4 is 30.1 Å². The Balaban J connectivity index is -0.0000000184. The minimum absolute atomic E-state index is 0. The van der Waals surface area contributed by atoms with E-state index in [2.05, 4.69) is 12.4 Å². The molecule has 0 aliphatic carbocycles. The number of hydrogen-bond donors (Lipinski definition) is 1. The molecule has 0 saturated carbocycles. The molecule has 0 atom stereocenters. The third kappa shape index (κ3) is 166. The molecule has 0 aliphatic heterocycles. The van der Waals surface area contributed by atoms with Gasteiger partial charge in [0.1, 0.15) is 0 Å². The summed E-state index contributed by atoms with van der Waals surface area (Å²) in [7, 11) is 3.17. The van der Waals surface area contributed by atoms with Gasteiger partial charge in [0.25, 0.3) is 0 Å². The van der Waals surface area contributed by atoms with Gasteiger partial charge in [-0.1, -0.05) is 0 Å². The van der Waals surface area contributed by atoms with E-state index >= 15 is 0 Å². The van der Waals surface area contributed by atoms with Crippen LogP contribution in [0.2, 0.25) is 0 Å². The summed E-state index contributed by atoms with van der Waals surface area (Å²) in [5, 5.41) is 2.35. The first-order valence-electron chi connectivity index (χ1n) is 3.47. The minimum Gasteiger partial charge on any atom is -1.00 e. The van der Waals surface area contributed by atoms with Crippen molar-refractivity contribution in [2.24, 2.45) is 0 Å². The summed E-state index contributed by atoms with van der Waals surface area (Å²) in [6.45, 7) is 1.15. The molecule has 0 unspecified atom stereocenters. The van der Waals surface area contributed by atoms with Crippen molar-refractivity contribution in [1.29, 1.82) is 0 Å². The van der Waals surface area contributed by atoms with Gasteiger partial charge in [0.2, 0.25) is 0 Å². The van der Waals surface area contributed by atoms with E-state index in [9.17, 15) is 0 Å². The third-order valence-electron chi connectivity index (χ3n) is 0.375. The molecule has 0 aromatic heterocycles. The van der Waals surface area contributed by atoms with Crippen molar-refractivity contribution in [3.05, 3.63) is 35.7 Å². The van der Waals surface area contributed by atoms with Crippen molar-refractivity contribution in [3.8, 4) is 0 Å². The van der Waals surface area contributed by atoms with Gasteiger partial charge in [0, 0.05) is 0 Å². The van der Waals surface area contributed by atoms with Crippen LogP contribution >= 0.6 is 0 Å². The van der Waals surface area contributed by atoms with Crippen molar-refractivity contribution in [1.82, 2.24) is 5.32 Å². The second-order valence-corrected chi connectivity index (χ2v) is 1.43. The van der Waals surface area contributed by atoms with Crippen molar-refractivity contribution in [3.63, 3.8) is 0 Å². The van der Waals surface area contributed by atoms with Crippen LogP contribution in [0.1, 0.15) is 0 Å². The molecule has 6 nitrogen and oxygen atoms in total. The zero-order chi connectivity index (χ0) is 10.2. The molecule has 0 saturated heterocycles. The molecule has 0 aliphatic rings. The normalized spacial score (nSPS) is 6.00. The first-order valence-corrected chi connectivity index (χ1v) is 3.47. The van der Waals surface area contributed by atoms with Crippen LogP contribution in [0.4, 0.5) is 0 Å². The van der Waals surface area contributed by atoms with Gasteiger partial charge < -0.3 is 58.8 Å². The quantitative estimate of drug-likeness (QED) is 0.422. The Morgan fingerprint density at radius 2 is 0.867 bits per heavy atom. The number of hydrogen-bond acceptors (Lipinski definition) is 1. The van der Waals surface area contributed by atoms with Crippen LogP contribution in [-0.4, -0.2) is 32.8 Å². The summed E-state index contributed by atoms with van der Waals surface area (Å²) < 4.78 is 0. The maximum atomic E-state index is 6.28. The summed E-state index contributed by atoms with van der Waals surface area (Å²) >= 11 is 0. The van der Waals surface area contributed by atoms with Gasteiger partial charge in [-0.3, -0.25) is 7.05 Å². The molecule has 9 heteroatoms. The van der Waals surface area contributed by atoms with E-state index in [0.717, 1.165) is 0 Å². The van der Waals surface area contributed by atoms with Crippen molar-refractivity contribution >= 4 is 0 Å². The van der Waals surface area contributed by atoms with E-state index in [-0.39, 0.29) is 74.2 Å². The summed E-state index contributed by atoms with van der Waals surface area (Å²) in [5.41, 5.74) is 31.3. The van der Waals surface area contributed by atoms with E-state index in [1.807, 2.05) is 0 Å². The van der Waals surface area contributed by atoms with E-state index in [0.29, 0.717) is 0 Å². The molecule has 0 aromatic carbocycles. The molecule has 0 rings (SSSR count). The molecule has 0 aromatic rings. The predicted octanol–water partition coefficient (Wildman–Crippen LogP) is -3.44. The van der Waals surface area contributed by atoms with E-state index in [4.69, 9.17) is 28.7 Å². The predicted molar refractivity (Wildman–Crippen MR) is 54.4 cm³/mol. The topological polar surface area (TPSA) is 131 Å². The second kappa shape index (κ2) is 60.8. The molecule has 0 amide bonds. The van der Waals surface area contributed by atoms with Crippen molar-refractivity contribution < 1.29 is 41.3 Å². The molecular weight excluding hydrogens is 286 g/mol. The van der Waals surface area contributed by atoms with Gasteiger partial charge in [-0.15, -0.1) is 6.67 Å². The van der Waals surface area contributed by atoms with Crippen LogP contribution in [0.3, 0.4) is 0 Å². The summed E-state index contributed by atoms with van der Waals surface area (Å²) in [6, 6.07) is 0. The Hall–Kier alpha value is 0.834. The molecule has 0 heterocycles. The largest absolute Gasteiger partial charge is 2.00 e. The Morgan fingerprint density at radius 1 is 0.733 bits per heavy atom.